The molecule has 0 spiro atoms. The van der Waals surface area contributed by atoms with Gasteiger partial charge in [0.15, 0.2) is 0 Å². The molecule has 0 saturated carbocycles. The van der Waals surface area contributed by atoms with Gasteiger partial charge in [0.1, 0.15) is 0 Å². The van der Waals surface area contributed by atoms with Gasteiger partial charge in [-0.25, -0.2) is 0 Å². The van der Waals surface area contributed by atoms with E-state index in [1.165, 1.54) is 16.8 Å². The summed E-state index contributed by atoms with van der Waals surface area (Å²) in [6, 6.07) is 19.4. The van der Waals surface area contributed by atoms with E-state index in [9.17, 15) is 0 Å². The Morgan fingerprint density at radius 3 is 2.44 bits per heavy atom. The minimum Gasteiger partial charge on any atom is -0.376 e. The molecule has 0 radical (unpaired) electrons. The lowest BCUT2D eigenvalue weighted by Crippen LogP contribution is -2.37. The normalized spacial score (nSPS) is 26.2. The molecule has 1 heterocycles. The number of nitrogens with one attached hydrogen (secondary N) is 1. The van der Waals surface area contributed by atoms with E-state index in [0.717, 1.165) is 6.42 Å². The Balaban J connectivity index is 2.03. The van der Waals surface area contributed by atoms with Gasteiger partial charge in [-0.15, -0.1) is 0 Å². The molecule has 1 aliphatic rings. The summed E-state index contributed by atoms with van der Waals surface area (Å²) in [5.74, 6) is 0.590. The third-order valence-electron chi connectivity index (χ3n) is 4.03. The first kappa shape index (κ1) is 11.3. The molecule has 18 heavy (non-hydrogen) atoms. The van der Waals surface area contributed by atoms with Crippen LogP contribution in [-0.4, -0.2) is 0 Å². The number of benzene rings is 2. The molecule has 92 valence electrons. The van der Waals surface area contributed by atoms with Gasteiger partial charge in [0.25, 0.3) is 0 Å². The molecule has 0 aliphatic carbocycles. The quantitative estimate of drug-likeness (QED) is 0.769. The van der Waals surface area contributed by atoms with E-state index >= 15 is 0 Å². The second-order valence-electron chi connectivity index (χ2n) is 5.52. The van der Waals surface area contributed by atoms with Crippen LogP contribution in [0.1, 0.15) is 37.3 Å². The van der Waals surface area contributed by atoms with Crippen molar-refractivity contribution in [3.8, 4) is 0 Å². The molecule has 1 nitrogen and oxygen atoms in total. The molecule has 0 saturated heterocycles. The van der Waals surface area contributed by atoms with Crippen molar-refractivity contribution in [2.45, 2.75) is 31.7 Å². The Kier molecular flexibility index (Phi) is 2.62. The largest absolute Gasteiger partial charge is 0.376 e. The predicted molar refractivity (Wildman–Crippen MR) is 76.9 cm³/mol. The molecular formula is C17H19N. The minimum atomic E-state index is 0.0367. The highest BCUT2D eigenvalue weighted by molar-refractivity contribution is 5.58. The van der Waals surface area contributed by atoms with Gasteiger partial charge < -0.3 is 5.32 Å². The van der Waals surface area contributed by atoms with Crippen LogP contribution in [-0.2, 0) is 5.54 Å². The summed E-state index contributed by atoms with van der Waals surface area (Å²) in [7, 11) is 0. The van der Waals surface area contributed by atoms with Crippen LogP contribution in [0.3, 0.4) is 0 Å². The van der Waals surface area contributed by atoms with Crippen LogP contribution in [0.4, 0.5) is 5.69 Å². The van der Waals surface area contributed by atoms with E-state index in [1.807, 2.05) is 0 Å². The zero-order valence-electron chi connectivity index (χ0n) is 11.0. The smallest absolute Gasteiger partial charge is 0.0603 e. The lowest BCUT2D eigenvalue weighted by Gasteiger charge is -2.40. The summed E-state index contributed by atoms with van der Waals surface area (Å²) in [5.41, 5.74) is 4.12. The van der Waals surface area contributed by atoms with E-state index in [-0.39, 0.29) is 5.54 Å². The van der Waals surface area contributed by atoms with E-state index in [4.69, 9.17) is 0 Å². The molecule has 0 amide bonds. The first-order chi connectivity index (χ1) is 8.69. The maximum atomic E-state index is 3.72. The monoisotopic (exact) mass is 237 g/mol. The zero-order valence-corrected chi connectivity index (χ0v) is 11.0. The highest BCUT2D eigenvalue weighted by Gasteiger charge is 2.34. The summed E-state index contributed by atoms with van der Waals surface area (Å²) >= 11 is 0. The molecule has 0 bridgehead atoms. The number of rotatable bonds is 1. The van der Waals surface area contributed by atoms with Crippen LogP contribution in [0.25, 0.3) is 0 Å². The van der Waals surface area contributed by atoms with Crippen molar-refractivity contribution in [3.05, 3.63) is 65.7 Å². The van der Waals surface area contributed by atoms with Crippen molar-refractivity contribution < 1.29 is 0 Å². The third kappa shape index (κ3) is 1.80. The van der Waals surface area contributed by atoms with E-state index in [2.05, 4.69) is 73.8 Å². The highest BCUT2D eigenvalue weighted by Crippen LogP contribution is 2.43. The van der Waals surface area contributed by atoms with Gasteiger partial charge in [-0.3, -0.25) is 0 Å². The van der Waals surface area contributed by atoms with Crippen molar-refractivity contribution >= 4 is 5.69 Å². The molecule has 0 aromatic heterocycles. The lowest BCUT2D eigenvalue weighted by atomic mass is 9.77. The Hall–Kier alpha value is -1.76. The molecule has 2 aromatic carbocycles. The Morgan fingerprint density at radius 1 is 1.00 bits per heavy atom. The Bertz CT molecular complexity index is 547. The van der Waals surface area contributed by atoms with Gasteiger partial charge >= 0.3 is 0 Å². The molecule has 1 heteroatoms. The second-order valence-corrected chi connectivity index (χ2v) is 5.52. The van der Waals surface area contributed by atoms with Gasteiger partial charge in [0.05, 0.1) is 5.54 Å². The van der Waals surface area contributed by atoms with Crippen molar-refractivity contribution in [1.82, 2.24) is 0 Å². The van der Waals surface area contributed by atoms with Gasteiger partial charge in [-0.05, 0) is 36.5 Å². The average Bonchev–Trinajstić information content (AvgIpc) is 2.40. The van der Waals surface area contributed by atoms with Crippen LogP contribution in [0.2, 0.25) is 0 Å². The highest BCUT2D eigenvalue weighted by atomic mass is 15.0. The van der Waals surface area contributed by atoms with Crippen molar-refractivity contribution in [2.24, 2.45) is 0 Å². The molecule has 1 aliphatic heterocycles. The van der Waals surface area contributed by atoms with Crippen LogP contribution in [0.15, 0.2) is 54.6 Å². The lowest BCUT2D eigenvalue weighted by molar-refractivity contribution is 0.434. The second kappa shape index (κ2) is 4.16. The van der Waals surface area contributed by atoms with Crippen LogP contribution < -0.4 is 5.32 Å². The Labute approximate surface area is 109 Å². The van der Waals surface area contributed by atoms with E-state index in [1.54, 1.807) is 0 Å². The minimum absolute atomic E-state index is 0.0367. The third-order valence-corrected chi connectivity index (χ3v) is 4.03. The maximum absolute atomic E-state index is 3.72. The summed E-state index contributed by atoms with van der Waals surface area (Å²) in [4.78, 5) is 0. The van der Waals surface area contributed by atoms with Gasteiger partial charge in [0.2, 0.25) is 0 Å². The van der Waals surface area contributed by atoms with Crippen molar-refractivity contribution in [3.63, 3.8) is 0 Å². The summed E-state index contributed by atoms with van der Waals surface area (Å²) in [6.07, 6.45) is 1.13. The van der Waals surface area contributed by atoms with Crippen LogP contribution in [0, 0.1) is 0 Å². The van der Waals surface area contributed by atoms with Crippen LogP contribution >= 0.6 is 0 Å². The fourth-order valence-corrected chi connectivity index (χ4v) is 3.11. The maximum Gasteiger partial charge on any atom is 0.0603 e. The molecule has 0 fully saturated rings. The molecule has 0 unspecified atom stereocenters. The SMILES string of the molecule is C[C@@H]1C[C@](C)(c2ccccc2)Nc2ccccc21. The molecule has 2 atom stereocenters. The van der Waals surface area contributed by atoms with Crippen molar-refractivity contribution in [1.29, 1.82) is 0 Å². The number of hydrogen-bond acceptors (Lipinski definition) is 1. The molecule has 3 rings (SSSR count). The number of anilines is 1. The standard InChI is InChI=1S/C17H19N/c1-13-12-17(2,14-8-4-3-5-9-14)18-16-11-7-6-10-15(13)16/h3-11,13,18H,12H2,1-2H3/t13-,17-/m1/s1. The topological polar surface area (TPSA) is 12.0 Å². The summed E-state index contributed by atoms with van der Waals surface area (Å²) in [6.45, 7) is 4.62. The number of hydrogen-bond donors (Lipinski definition) is 1. The fraction of sp³-hybridized carbons (Fsp3) is 0.294. The van der Waals surface area contributed by atoms with E-state index in [0.29, 0.717) is 5.92 Å². The predicted octanol–water partition coefficient (Wildman–Crippen LogP) is 4.52. The number of fused-ring (bicyclic) bond motifs is 1. The van der Waals surface area contributed by atoms with Gasteiger partial charge in [-0.2, -0.15) is 0 Å². The van der Waals surface area contributed by atoms with Gasteiger partial charge in [0, 0.05) is 5.69 Å². The first-order valence-electron chi connectivity index (χ1n) is 6.62. The summed E-state index contributed by atoms with van der Waals surface area (Å²) < 4.78 is 0. The average molecular weight is 237 g/mol. The van der Waals surface area contributed by atoms with Crippen molar-refractivity contribution in [2.75, 3.05) is 5.32 Å². The molecule has 2 aromatic rings. The first-order valence-corrected chi connectivity index (χ1v) is 6.62. The summed E-state index contributed by atoms with van der Waals surface area (Å²) in [5, 5.41) is 3.72. The van der Waals surface area contributed by atoms with Gasteiger partial charge in [-0.1, -0.05) is 55.5 Å². The molecular weight excluding hydrogens is 218 g/mol. The Morgan fingerprint density at radius 2 is 1.67 bits per heavy atom. The van der Waals surface area contributed by atoms with Crippen LogP contribution in [0.5, 0.6) is 0 Å². The zero-order chi connectivity index (χ0) is 12.6. The van der Waals surface area contributed by atoms with E-state index < -0.39 is 0 Å². The molecule has 1 N–H and O–H groups in total. The fourth-order valence-electron chi connectivity index (χ4n) is 3.11. The number of para-hydroxylation sites is 1.